The molecule has 3 aliphatic rings. The number of carbonyl (C=O) groups excluding carboxylic acids is 1. The molecule has 0 unspecified atom stereocenters. The van der Waals surface area contributed by atoms with E-state index in [1.807, 2.05) is 0 Å². The van der Waals surface area contributed by atoms with Gasteiger partial charge in [-0.2, -0.15) is 0 Å². The average molecular weight is 419 g/mol. The molecular weight excluding hydrogens is 368 g/mol. The van der Waals surface area contributed by atoms with Gasteiger partial charge in [0.25, 0.3) is 0 Å². The first-order valence-electron chi connectivity index (χ1n) is 13.7. The summed E-state index contributed by atoms with van der Waals surface area (Å²) in [5.74, 6) is 4.71. The molecule has 0 amide bonds. The first kappa shape index (κ1) is 24.1. The van der Waals surface area contributed by atoms with Gasteiger partial charge >= 0.3 is 5.97 Å². The lowest BCUT2D eigenvalue weighted by Crippen LogP contribution is -2.39. The van der Waals surface area contributed by atoms with Crippen molar-refractivity contribution < 1.29 is 9.53 Å². The number of ether oxygens (including phenoxy) is 1. The minimum absolute atomic E-state index is 0.153. The van der Waals surface area contributed by atoms with E-state index in [1.165, 1.54) is 83.5 Å². The van der Waals surface area contributed by atoms with Crippen molar-refractivity contribution in [2.75, 3.05) is 6.61 Å². The summed E-state index contributed by atoms with van der Waals surface area (Å²) < 4.78 is 5.78. The third kappa shape index (κ3) is 6.49. The van der Waals surface area contributed by atoms with E-state index in [4.69, 9.17) is 4.74 Å². The van der Waals surface area contributed by atoms with Gasteiger partial charge < -0.3 is 4.74 Å². The maximum Gasteiger partial charge on any atom is 0.312 e. The normalized spacial score (nSPS) is 37.6. The van der Waals surface area contributed by atoms with Crippen molar-refractivity contribution in [2.24, 2.45) is 35.0 Å². The zero-order valence-electron chi connectivity index (χ0n) is 20.4. The fourth-order valence-electron chi connectivity index (χ4n) is 7.02. The molecule has 0 spiro atoms. The molecule has 0 atom stereocenters. The second kappa shape index (κ2) is 11.9. The van der Waals surface area contributed by atoms with Crippen LogP contribution in [0.4, 0.5) is 0 Å². The van der Waals surface area contributed by atoms with E-state index >= 15 is 0 Å². The van der Waals surface area contributed by atoms with Crippen LogP contribution in [-0.2, 0) is 9.53 Å². The Hall–Kier alpha value is -0.530. The van der Waals surface area contributed by atoms with Gasteiger partial charge in [0.15, 0.2) is 0 Å². The average Bonchev–Trinajstić information content (AvgIpc) is 2.78. The van der Waals surface area contributed by atoms with Crippen molar-refractivity contribution in [1.29, 1.82) is 0 Å². The molecule has 0 N–H and O–H groups in total. The van der Waals surface area contributed by atoms with Crippen LogP contribution in [0.1, 0.15) is 130 Å². The molecule has 30 heavy (non-hydrogen) atoms. The minimum Gasteiger partial charge on any atom is -0.465 e. The van der Waals surface area contributed by atoms with Crippen LogP contribution in [0.3, 0.4) is 0 Å². The Bertz CT molecular complexity index is 489. The molecule has 3 fully saturated rings. The van der Waals surface area contributed by atoms with E-state index in [1.54, 1.807) is 0 Å². The molecule has 0 aliphatic heterocycles. The Labute approximate surface area is 187 Å². The van der Waals surface area contributed by atoms with E-state index in [9.17, 15) is 4.79 Å². The lowest BCUT2D eigenvalue weighted by Gasteiger charge is -2.43. The SMILES string of the molecule is CCCOC(=O)C1(CCC2CCC(CCC)CC2)CCC(C2CCC(C)CC2)CC1. The van der Waals surface area contributed by atoms with Gasteiger partial charge in [0, 0.05) is 0 Å². The van der Waals surface area contributed by atoms with E-state index in [0.717, 1.165) is 55.3 Å². The van der Waals surface area contributed by atoms with E-state index < -0.39 is 0 Å². The third-order valence-corrected chi connectivity index (χ3v) is 9.28. The fraction of sp³-hybridized carbons (Fsp3) is 0.964. The van der Waals surface area contributed by atoms with Gasteiger partial charge in [-0.3, -0.25) is 4.79 Å². The van der Waals surface area contributed by atoms with Crippen LogP contribution >= 0.6 is 0 Å². The maximum absolute atomic E-state index is 13.2. The Morgan fingerprint density at radius 2 is 1.33 bits per heavy atom. The lowest BCUT2D eigenvalue weighted by atomic mass is 9.62. The highest BCUT2D eigenvalue weighted by atomic mass is 16.5. The Kier molecular flexibility index (Phi) is 9.58. The highest BCUT2D eigenvalue weighted by Gasteiger charge is 2.44. The number of carbonyl (C=O) groups is 1. The molecule has 0 aromatic carbocycles. The van der Waals surface area contributed by atoms with Gasteiger partial charge in [-0.1, -0.05) is 72.1 Å². The van der Waals surface area contributed by atoms with Crippen molar-refractivity contribution in [3.8, 4) is 0 Å². The molecule has 0 aromatic heterocycles. The van der Waals surface area contributed by atoms with Crippen molar-refractivity contribution in [3.05, 3.63) is 0 Å². The maximum atomic E-state index is 13.2. The zero-order chi connectivity index (χ0) is 21.4. The molecule has 0 saturated heterocycles. The van der Waals surface area contributed by atoms with E-state index in [2.05, 4.69) is 20.8 Å². The summed E-state index contributed by atoms with van der Waals surface area (Å²) in [6.45, 7) is 7.45. The second-order valence-corrected chi connectivity index (χ2v) is 11.5. The van der Waals surface area contributed by atoms with Crippen LogP contribution in [0.5, 0.6) is 0 Å². The molecule has 2 nitrogen and oxygen atoms in total. The van der Waals surface area contributed by atoms with Gasteiger partial charge in [-0.25, -0.2) is 0 Å². The summed E-state index contributed by atoms with van der Waals surface area (Å²) in [7, 11) is 0. The predicted molar refractivity (Wildman–Crippen MR) is 126 cm³/mol. The van der Waals surface area contributed by atoms with Gasteiger partial charge in [0.1, 0.15) is 0 Å². The summed E-state index contributed by atoms with van der Waals surface area (Å²) in [6.07, 6.45) is 22.1. The summed E-state index contributed by atoms with van der Waals surface area (Å²) in [4.78, 5) is 13.2. The van der Waals surface area contributed by atoms with Crippen LogP contribution in [0.2, 0.25) is 0 Å². The molecule has 3 aliphatic carbocycles. The topological polar surface area (TPSA) is 26.3 Å². The molecule has 3 saturated carbocycles. The van der Waals surface area contributed by atoms with Gasteiger partial charge in [0.2, 0.25) is 0 Å². The van der Waals surface area contributed by atoms with Crippen molar-refractivity contribution in [2.45, 2.75) is 130 Å². The predicted octanol–water partition coefficient (Wildman–Crippen LogP) is 8.33. The van der Waals surface area contributed by atoms with E-state index in [-0.39, 0.29) is 11.4 Å². The number of esters is 1. The monoisotopic (exact) mass is 418 g/mol. The van der Waals surface area contributed by atoms with Crippen molar-refractivity contribution in [3.63, 3.8) is 0 Å². The molecular formula is C28H50O2. The summed E-state index contributed by atoms with van der Waals surface area (Å²) in [5.41, 5.74) is -0.159. The van der Waals surface area contributed by atoms with Crippen LogP contribution in [0.25, 0.3) is 0 Å². The highest BCUT2D eigenvalue weighted by molar-refractivity contribution is 5.77. The van der Waals surface area contributed by atoms with Crippen molar-refractivity contribution >= 4 is 5.97 Å². The summed E-state index contributed by atoms with van der Waals surface area (Å²) in [5, 5.41) is 0. The fourth-order valence-corrected chi connectivity index (χ4v) is 7.02. The third-order valence-electron chi connectivity index (χ3n) is 9.28. The molecule has 2 heteroatoms. The second-order valence-electron chi connectivity index (χ2n) is 11.5. The first-order chi connectivity index (χ1) is 14.6. The Balaban J connectivity index is 1.53. The Morgan fingerprint density at radius 3 is 1.90 bits per heavy atom. The van der Waals surface area contributed by atoms with Crippen LogP contribution in [-0.4, -0.2) is 12.6 Å². The van der Waals surface area contributed by atoms with E-state index in [0.29, 0.717) is 6.61 Å². The quantitative estimate of drug-likeness (QED) is 0.352. The Morgan fingerprint density at radius 1 is 0.767 bits per heavy atom. The standard InChI is InChI=1S/C28H50O2/c1-4-6-23-9-11-24(12-10-23)15-18-28(27(29)30-21-5-2)19-16-26(17-20-28)25-13-7-22(3)8-14-25/h22-26H,4-21H2,1-3H3. The number of hydrogen-bond donors (Lipinski definition) is 0. The molecule has 0 aromatic rings. The molecule has 0 radical (unpaired) electrons. The molecule has 0 bridgehead atoms. The zero-order valence-corrected chi connectivity index (χ0v) is 20.4. The largest absolute Gasteiger partial charge is 0.465 e. The van der Waals surface area contributed by atoms with Crippen molar-refractivity contribution in [1.82, 2.24) is 0 Å². The smallest absolute Gasteiger partial charge is 0.312 e. The van der Waals surface area contributed by atoms with Crippen LogP contribution in [0, 0.1) is 35.0 Å². The lowest BCUT2D eigenvalue weighted by molar-refractivity contribution is -0.160. The summed E-state index contributed by atoms with van der Waals surface area (Å²) >= 11 is 0. The number of rotatable bonds is 9. The summed E-state index contributed by atoms with van der Waals surface area (Å²) in [6, 6.07) is 0. The van der Waals surface area contributed by atoms with Gasteiger partial charge in [-0.15, -0.1) is 0 Å². The molecule has 0 heterocycles. The molecule has 174 valence electrons. The highest BCUT2D eigenvalue weighted by Crippen LogP contribution is 2.49. The molecule has 3 rings (SSSR count). The van der Waals surface area contributed by atoms with Gasteiger partial charge in [0.05, 0.1) is 12.0 Å². The minimum atomic E-state index is -0.159. The van der Waals surface area contributed by atoms with Crippen LogP contribution < -0.4 is 0 Å². The first-order valence-corrected chi connectivity index (χ1v) is 13.7. The van der Waals surface area contributed by atoms with Gasteiger partial charge in [-0.05, 0) is 87.4 Å². The van der Waals surface area contributed by atoms with Crippen LogP contribution in [0.15, 0.2) is 0 Å². The number of hydrogen-bond acceptors (Lipinski definition) is 2.